The van der Waals surface area contributed by atoms with Gasteiger partial charge in [-0.15, -0.1) is 0 Å². The first-order valence-corrected chi connectivity index (χ1v) is 8.68. The molecule has 1 aliphatic rings. The Morgan fingerprint density at radius 1 is 1.39 bits per heavy atom. The summed E-state index contributed by atoms with van der Waals surface area (Å²) in [5.74, 6) is 0.461. The Kier molecular flexibility index (Phi) is 4.81. The van der Waals surface area contributed by atoms with Crippen molar-refractivity contribution >= 4 is 28.1 Å². The molecule has 1 atom stereocenters. The van der Waals surface area contributed by atoms with E-state index in [1.54, 1.807) is 0 Å². The molecule has 1 aliphatic heterocycles. The number of para-hydroxylation sites is 1. The largest absolute Gasteiger partial charge is 0.378 e. The van der Waals surface area contributed by atoms with Crippen LogP contribution in [0.1, 0.15) is 22.5 Å². The summed E-state index contributed by atoms with van der Waals surface area (Å²) in [5.41, 5.74) is 2.72. The molecule has 0 saturated carbocycles. The van der Waals surface area contributed by atoms with Crippen molar-refractivity contribution in [1.82, 2.24) is 9.69 Å². The molecule has 2 heterocycles. The summed E-state index contributed by atoms with van der Waals surface area (Å²) in [7, 11) is 1.82. The van der Waals surface area contributed by atoms with Gasteiger partial charge in [0, 0.05) is 32.4 Å². The highest BCUT2D eigenvalue weighted by molar-refractivity contribution is 7.10. The van der Waals surface area contributed by atoms with Gasteiger partial charge < -0.3 is 15.5 Å². The van der Waals surface area contributed by atoms with Crippen molar-refractivity contribution in [3.63, 3.8) is 0 Å². The van der Waals surface area contributed by atoms with E-state index < -0.39 is 0 Å². The van der Waals surface area contributed by atoms with Gasteiger partial charge in [-0.05, 0) is 42.9 Å². The second-order valence-electron chi connectivity index (χ2n) is 5.87. The number of anilines is 2. The Morgan fingerprint density at radius 2 is 2.17 bits per heavy atom. The number of carbonyl (C=O) groups is 1. The number of rotatable bonds is 5. The van der Waals surface area contributed by atoms with Gasteiger partial charge in [-0.2, -0.15) is 4.37 Å². The van der Waals surface area contributed by atoms with Gasteiger partial charge in [0.25, 0.3) is 5.91 Å². The summed E-state index contributed by atoms with van der Waals surface area (Å²) in [4.78, 5) is 14.8. The third-order valence-corrected chi connectivity index (χ3v) is 5.23. The summed E-state index contributed by atoms with van der Waals surface area (Å²) in [6, 6.07) is 10.4. The van der Waals surface area contributed by atoms with Crippen LogP contribution in [0.3, 0.4) is 0 Å². The normalized spacial score (nSPS) is 17.3. The molecule has 1 aromatic heterocycles. The molecule has 2 N–H and O–H groups in total. The average molecular weight is 330 g/mol. The lowest BCUT2D eigenvalue weighted by Crippen LogP contribution is -2.31. The minimum atomic E-state index is -0.0289. The number of nitrogens with zero attached hydrogens (tertiary/aromatic N) is 2. The highest BCUT2D eigenvalue weighted by Gasteiger charge is 2.24. The fraction of sp³-hybridized carbons (Fsp3) is 0.412. The van der Waals surface area contributed by atoms with E-state index in [9.17, 15) is 4.79 Å². The van der Waals surface area contributed by atoms with Crippen LogP contribution in [-0.2, 0) is 0 Å². The minimum Gasteiger partial charge on any atom is -0.378 e. The molecular formula is C17H22N4OS. The van der Waals surface area contributed by atoms with Crippen LogP contribution in [0.4, 0.5) is 10.7 Å². The van der Waals surface area contributed by atoms with Crippen LogP contribution in [0, 0.1) is 12.8 Å². The second kappa shape index (κ2) is 7.00. The molecule has 0 bridgehead atoms. The molecule has 6 heteroatoms. The van der Waals surface area contributed by atoms with E-state index in [4.69, 9.17) is 0 Å². The van der Waals surface area contributed by atoms with E-state index in [0.29, 0.717) is 18.0 Å². The van der Waals surface area contributed by atoms with Crippen molar-refractivity contribution in [1.29, 1.82) is 0 Å². The molecule has 0 aliphatic carbocycles. The number of aryl methyl sites for hydroxylation is 1. The summed E-state index contributed by atoms with van der Waals surface area (Å²) < 4.78 is 4.25. The number of hydrogen-bond acceptors (Lipinski definition) is 5. The zero-order valence-electron chi connectivity index (χ0n) is 13.5. The quantitative estimate of drug-likeness (QED) is 0.885. The van der Waals surface area contributed by atoms with Crippen molar-refractivity contribution in [2.75, 3.05) is 36.9 Å². The van der Waals surface area contributed by atoms with Crippen molar-refractivity contribution in [3.8, 4) is 0 Å². The fourth-order valence-corrected chi connectivity index (χ4v) is 3.75. The standard InChI is InChI=1S/C17H22N4OS/c1-12-15(17(18-2)23-20-12)16(22)19-10-13-8-9-21(11-13)14-6-4-3-5-7-14/h3-7,13,18H,8-11H2,1-2H3,(H,19,22). The fourth-order valence-electron chi connectivity index (χ4n) is 3.01. The first-order chi connectivity index (χ1) is 11.2. The maximum absolute atomic E-state index is 12.4. The van der Waals surface area contributed by atoms with Gasteiger partial charge in [-0.1, -0.05) is 18.2 Å². The third kappa shape index (κ3) is 3.47. The smallest absolute Gasteiger partial charge is 0.256 e. The van der Waals surface area contributed by atoms with E-state index in [0.717, 1.165) is 30.2 Å². The molecule has 1 fully saturated rings. The first-order valence-electron chi connectivity index (χ1n) is 7.91. The molecule has 5 nitrogen and oxygen atoms in total. The van der Waals surface area contributed by atoms with Gasteiger partial charge in [0.15, 0.2) is 0 Å². The maximum Gasteiger partial charge on any atom is 0.256 e. The van der Waals surface area contributed by atoms with E-state index >= 15 is 0 Å². The van der Waals surface area contributed by atoms with Crippen LogP contribution in [0.2, 0.25) is 0 Å². The Morgan fingerprint density at radius 3 is 2.91 bits per heavy atom. The molecule has 23 heavy (non-hydrogen) atoms. The number of aromatic nitrogens is 1. The Hall–Kier alpha value is -2.08. The lowest BCUT2D eigenvalue weighted by Gasteiger charge is -2.18. The maximum atomic E-state index is 12.4. The Bertz CT molecular complexity index is 670. The minimum absolute atomic E-state index is 0.0289. The predicted octanol–water partition coefficient (Wildman–Crippen LogP) is 2.75. The van der Waals surface area contributed by atoms with Crippen LogP contribution in [0.25, 0.3) is 0 Å². The van der Waals surface area contributed by atoms with Crippen LogP contribution < -0.4 is 15.5 Å². The van der Waals surface area contributed by atoms with Gasteiger partial charge >= 0.3 is 0 Å². The summed E-state index contributed by atoms with van der Waals surface area (Å²) in [5, 5.41) is 6.95. The van der Waals surface area contributed by atoms with Gasteiger partial charge in [-0.25, -0.2) is 0 Å². The zero-order chi connectivity index (χ0) is 16.2. The van der Waals surface area contributed by atoms with Crippen molar-refractivity contribution in [2.45, 2.75) is 13.3 Å². The molecule has 1 saturated heterocycles. The lowest BCUT2D eigenvalue weighted by molar-refractivity contribution is 0.0948. The van der Waals surface area contributed by atoms with E-state index in [1.807, 2.05) is 20.0 Å². The van der Waals surface area contributed by atoms with Crippen molar-refractivity contribution in [2.24, 2.45) is 5.92 Å². The van der Waals surface area contributed by atoms with E-state index in [-0.39, 0.29) is 5.91 Å². The van der Waals surface area contributed by atoms with Crippen molar-refractivity contribution in [3.05, 3.63) is 41.6 Å². The lowest BCUT2D eigenvalue weighted by atomic mass is 10.1. The molecular weight excluding hydrogens is 308 g/mol. The van der Waals surface area contributed by atoms with Gasteiger partial charge in [0.05, 0.1) is 11.3 Å². The molecule has 1 amide bonds. The topological polar surface area (TPSA) is 57.3 Å². The van der Waals surface area contributed by atoms with Gasteiger partial charge in [0.2, 0.25) is 0 Å². The van der Waals surface area contributed by atoms with Crippen LogP contribution >= 0.6 is 11.5 Å². The SMILES string of the molecule is CNc1snc(C)c1C(=O)NCC1CCN(c2ccccc2)C1. The molecule has 0 radical (unpaired) electrons. The number of benzene rings is 1. The number of carbonyl (C=O) groups excluding carboxylic acids is 1. The van der Waals surface area contributed by atoms with Gasteiger partial charge in [-0.3, -0.25) is 4.79 Å². The Labute approximate surface area is 140 Å². The molecule has 1 unspecified atom stereocenters. The summed E-state index contributed by atoms with van der Waals surface area (Å²) in [6.45, 7) is 4.62. The number of hydrogen-bond donors (Lipinski definition) is 2. The van der Waals surface area contributed by atoms with Crippen molar-refractivity contribution < 1.29 is 4.79 Å². The molecule has 3 rings (SSSR count). The Balaban J connectivity index is 1.55. The van der Waals surface area contributed by atoms with Gasteiger partial charge in [0.1, 0.15) is 5.00 Å². The second-order valence-corrected chi connectivity index (χ2v) is 6.64. The highest BCUT2D eigenvalue weighted by atomic mass is 32.1. The number of amides is 1. The summed E-state index contributed by atoms with van der Waals surface area (Å²) in [6.07, 6.45) is 1.11. The van der Waals surface area contributed by atoms with Crippen LogP contribution in [0.15, 0.2) is 30.3 Å². The third-order valence-electron chi connectivity index (χ3n) is 4.28. The zero-order valence-corrected chi connectivity index (χ0v) is 14.3. The monoisotopic (exact) mass is 330 g/mol. The average Bonchev–Trinajstić information content (AvgIpc) is 3.20. The summed E-state index contributed by atoms with van der Waals surface area (Å²) >= 11 is 1.33. The highest BCUT2D eigenvalue weighted by Crippen LogP contribution is 2.25. The number of nitrogens with one attached hydrogen (secondary N) is 2. The van der Waals surface area contributed by atoms with E-state index in [2.05, 4.69) is 44.2 Å². The molecule has 1 aromatic carbocycles. The van der Waals surface area contributed by atoms with Crippen LogP contribution in [0.5, 0.6) is 0 Å². The first kappa shape index (κ1) is 15.8. The predicted molar refractivity (Wildman–Crippen MR) is 95.5 cm³/mol. The van der Waals surface area contributed by atoms with Crippen LogP contribution in [-0.4, -0.2) is 37.0 Å². The molecule has 2 aromatic rings. The molecule has 122 valence electrons. The molecule has 0 spiro atoms. The van der Waals surface area contributed by atoms with E-state index in [1.165, 1.54) is 17.2 Å².